The average molecular weight is 413 g/mol. The molecule has 8 heteroatoms. The van der Waals surface area contributed by atoms with Crippen molar-refractivity contribution in [2.24, 2.45) is 0 Å². The number of anilines is 1. The Bertz CT molecular complexity index is 986. The van der Waals surface area contributed by atoms with Crippen molar-refractivity contribution in [3.63, 3.8) is 0 Å². The van der Waals surface area contributed by atoms with E-state index in [0.717, 1.165) is 5.56 Å². The van der Waals surface area contributed by atoms with Crippen molar-refractivity contribution in [1.29, 1.82) is 0 Å². The smallest absolute Gasteiger partial charge is 0.428 e. The number of carbonyl (C=O) groups excluding carboxylic acids is 1. The van der Waals surface area contributed by atoms with Crippen LogP contribution in [0.25, 0.3) is 0 Å². The predicted molar refractivity (Wildman–Crippen MR) is 111 cm³/mol. The van der Waals surface area contributed by atoms with E-state index < -0.39 is 16.1 Å². The quantitative estimate of drug-likeness (QED) is 0.679. The fourth-order valence-electron chi connectivity index (χ4n) is 2.70. The molecule has 29 heavy (non-hydrogen) atoms. The second-order valence-electron chi connectivity index (χ2n) is 6.51. The molecule has 1 amide bonds. The summed E-state index contributed by atoms with van der Waals surface area (Å²) in [5, 5.41) is 1.20. The van der Waals surface area contributed by atoms with Gasteiger partial charge in [-0.1, -0.05) is 54.6 Å². The van der Waals surface area contributed by atoms with Crippen LogP contribution in [0.5, 0.6) is 0 Å². The molecule has 0 saturated heterocycles. The zero-order valence-corrected chi connectivity index (χ0v) is 16.8. The SMILES string of the molecule is CN(Nc1ccc(S(=O)(=O)NC2C=CC=CC2)cc1)C(=O)OCc1ccccc1. The van der Waals surface area contributed by atoms with Crippen molar-refractivity contribution in [3.05, 3.63) is 84.5 Å². The van der Waals surface area contributed by atoms with E-state index in [1.165, 1.54) is 24.2 Å². The van der Waals surface area contributed by atoms with Crippen molar-refractivity contribution in [2.75, 3.05) is 12.5 Å². The van der Waals surface area contributed by atoms with E-state index in [4.69, 9.17) is 4.74 Å². The third kappa shape index (κ3) is 5.94. The predicted octanol–water partition coefficient (Wildman–Crippen LogP) is 3.45. The molecule has 2 aromatic carbocycles. The molecule has 2 N–H and O–H groups in total. The van der Waals surface area contributed by atoms with Gasteiger partial charge in [0, 0.05) is 13.1 Å². The summed E-state index contributed by atoms with van der Waals surface area (Å²) in [6, 6.07) is 15.3. The molecule has 1 atom stereocenters. The second kappa shape index (κ2) is 9.40. The van der Waals surface area contributed by atoms with Gasteiger partial charge in [0.25, 0.3) is 0 Å². The van der Waals surface area contributed by atoms with Crippen LogP contribution in [0.1, 0.15) is 12.0 Å². The van der Waals surface area contributed by atoms with Crippen molar-refractivity contribution in [2.45, 2.75) is 24.0 Å². The number of rotatable bonds is 7. The largest absolute Gasteiger partial charge is 0.443 e. The molecule has 1 unspecified atom stereocenters. The van der Waals surface area contributed by atoms with Gasteiger partial charge in [-0.15, -0.1) is 0 Å². The number of nitrogens with one attached hydrogen (secondary N) is 2. The van der Waals surface area contributed by atoms with Gasteiger partial charge in [0.15, 0.2) is 0 Å². The Morgan fingerprint density at radius 2 is 1.83 bits per heavy atom. The molecule has 7 nitrogen and oxygen atoms in total. The maximum absolute atomic E-state index is 12.5. The van der Waals surface area contributed by atoms with Crippen molar-refractivity contribution in [1.82, 2.24) is 9.73 Å². The molecule has 0 bridgehead atoms. The molecule has 0 heterocycles. The lowest BCUT2D eigenvalue weighted by Crippen LogP contribution is -2.34. The Labute approximate surface area is 170 Å². The number of hydrazine groups is 1. The van der Waals surface area contributed by atoms with E-state index in [-0.39, 0.29) is 17.5 Å². The first-order chi connectivity index (χ1) is 13.9. The minimum absolute atomic E-state index is 0.153. The van der Waals surface area contributed by atoms with E-state index in [1.54, 1.807) is 12.1 Å². The third-order valence-electron chi connectivity index (χ3n) is 4.23. The minimum Gasteiger partial charge on any atom is -0.443 e. The maximum atomic E-state index is 12.5. The van der Waals surface area contributed by atoms with Crippen LogP contribution in [-0.4, -0.2) is 32.6 Å². The lowest BCUT2D eigenvalue weighted by atomic mass is 10.1. The first kappa shape index (κ1) is 20.6. The van der Waals surface area contributed by atoms with Crippen LogP contribution < -0.4 is 10.1 Å². The van der Waals surface area contributed by atoms with E-state index in [0.29, 0.717) is 12.1 Å². The topological polar surface area (TPSA) is 87.7 Å². The first-order valence-corrected chi connectivity index (χ1v) is 10.6. The van der Waals surface area contributed by atoms with Crippen LogP contribution in [0, 0.1) is 0 Å². The summed E-state index contributed by atoms with van der Waals surface area (Å²) in [5.41, 5.74) is 4.31. The molecular weight excluding hydrogens is 390 g/mol. The first-order valence-electron chi connectivity index (χ1n) is 9.11. The van der Waals surface area contributed by atoms with E-state index in [1.807, 2.05) is 54.6 Å². The number of nitrogens with zero attached hydrogens (tertiary/aromatic N) is 1. The fourth-order valence-corrected chi connectivity index (χ4v) is 3.90. The molecule has 0 aliphatic heterocycles. The Kier molecular flexibility index (Phi) is 6.69. The summed E-state index contributed by atoms with van der Waals surface area (Å²) < 4.78 is 32.9. The molecule has 0 aromatic heterocycles. The number of benzene rings is 2. The molecule has 0 radical (unpaired) electrons. The Morgan fingerprint density at radius 3 is 2.48 bits per heavy atom. The molecule has 0 spiro atoms. The summed E-state index contributed by atoms with van der Waals surface area (Å²) in [4.78, 5) is 12.2. The number of hydrogen-bond donors (Lipinski definition) is 2. The summed E-state index contributed by atoms with van der Waals surface area (Å²) in [7, 11) is -2.10. The Balaban J connectivity index is 1.54. The van der Waals surface area contributed by atoms with Crippen LogP contribution in [0.3, 0.4) is 0 Å². The van der Waals surface area contributed by atoms with Crippen LogP contribution in [0.2, 0.25) is 0 Å². The van der Waals surface area contributed by atoms with Gasteiger partial charge < -0.3 is 4.74 Å². The zero-order valence-electron chi connectivity index (χ0n) is 16.0. The molecular formula is C21H23N3O4S. The minimum atomic E-state index is -3.63. The normalized spacial score (nSPS) is 15.7. The number of allylic oxidation sites excluding steroid dienone is 2. The Morgan fingerprint density at radius 1 is 1.10 bits per heavy atom. The van der Waals surface area contributed by atoms with E-state index in [2.05, 4.69) is 10.1 Å². The van der Waals surface area contributed by atoms with Crippen LogP contribution in [0.4, 0.5) is 10.5 Å². The number of hydrogen-bond acceptors (Lipinski definition) is 5. The maximum Gasteiger partial charge on any atom is 0.428 e. The molecule has 1 aliphatic rings. The van der Waals surface area contributed by atoms with Gasteiger partial charge in [-0.2, -0.15) is 0 Å². The van der Waals surface area contributed by atoms with Crippen LogP contribution >= 0.6 is 0 Å². The van der Waals surface area contributed by atoms with E-state index in [9.17, 15) is 13.2 Å². The number of carbonyl (C=O) groups is 1. The lowest BCUT2D eigenvalue weighted by Gasteiger charge is -2.19. The van der Waals surface area contributed by atoms with E-state index >= 15 is 0 Å². The highest BCUT2D eigenvalue weighted by atomic mass is 32.2. The molecule has 152 valence electrons. The highest BCUT2D eigenvalue weighted by molar-refractivity contribution is 7.89. The summed E-state index contributed by atoms with van der Waals surface area (Å²) in [6.07, 6.45) is 7.48. The molecule has 0 fully saturated rings. The van der Waals surface area contributed by atoms with Crippen molar-refractivity contribution >= 4 is 21.8 Å². The fraction of sp³-hybridized carbons (Fsp3) is 0.190. The van der Waals surface area contributed by atoms with Gasteiger partial charge in [0.05, 0.1) is 10.6 Å². The van der Waals surface area contributed by atoms with Gasteiger partial charge >= 0.3 is 6.09 Å². The summed E-state index contributed by atoms with van der Waals surface area (Å²) in [6.45, 7) is 0.166. The van der Waals surface area contributed by atoms with Gasteiger partial charge in [0.1, 0.15) is 6.61 Å². The standard InChI is InChI=1S/C21H23N3O4S/c1-24(21(25)28-16-17-8-4-2-5-9-17)22-18-12-14-20(15-13-18)29(26,27)23-19-10-6-3-7-11-19/h2-10,12-15,19,22-23H,11,16H2,1H3. The molecule has 3 rings (SSSR count). The summed E-state index contributed by atoms with van der Waals surface area (Å²) in [5.74, 6) is 0. The number of ether oxygens (including phenoxy) is 1. The van der Waals surface area contributed by atoms with Gasteiger partial charge in [-0.05, 0) is 36.2 Å². The third-order valence-corrected chi connectivity index (χ3v) is 5.73. The van der Waals surface area contributed by atoms with Gasteiger partial charge in [-0.3, -0.25) is 5.43 Å². The monoisotopic (exact) mass is 413 g/mol. The summed E-state index contributed by atoms with van der Waals surface area (Å²) >= 11 is 0. The number of amides is 1. The van der Waals surface area contributed by atoms with Gasteiger partial charge in [0.2, 0.25) is 10.0 Å². The molecule has 0 saturated carbocycles. The molecule has 2 aromatic rings. The van der Waals surface area contributed by atoms with Crippen LogP contribution in [0.15, 0.2) is 83.8 Å². The highest BCUT2D eigenvalue weighted by Crippen LogP contribution is 2.16. The lowest BCUT2D eigenvalue weighted by molar-refractivity contribution is 0.111. The molecule has 1 aliphatic carbocycles. The Hall–Kier alpha value is -3.10. The van der Waals surface area contributed by atoms with Crippen molar-refractivity contribution < 1.29 is 17.9 Å². The van der Waals surface area contributed by atoms with Crippen molar-refractivity contribution in [3.8, 4) is 0 Å². The van der Waals surface area contributed by atoms with Crippen LogP contribution in [-0.2, 0) is 21.4 Å². The zero-order chi connectivity index (χ0) is 20.7. The number of sulfonamides is 1. The highest BCUT2D eigenvalue weighted by Gasteiger charge is 2.19. The van der Waals surface area contributed by atoms with Gasteiger partial charge in [-0.25, -0.2) is 22.9 Å². The average Bonchev–Trinajstić information content (AvgIpc) is 2.73. The second-order valence-corrected chi connectivity index (χ2v) is 8.23.